The van der Waals surface area contributed by atoms with Gasteiger partial charge in [0, 0.05) is 0 Å². The Morgan fingerprint density at radius 3 is 2.43 bits per heavy atom. The standard InChI is InChI=1S/C22H20N4O2/c1-15(2)28-21-10-6-5-9-19(21)26-22(27)20-12-11-17(14-24-20)25-18-8-4-3-7-16(18)13-23/h3-12,14-15,25H,1-2H3,(H,26,27). The summed E-state index contributed by atoms with van der Waals surface area (Å²) >= 11 is 0. The van der Waals surface area contributed by atoms with E-state index in [0.717, 1.165) is 0 Å². The number of pyridine rings is 1. The summed E-state index contributed by atoms with van der Waals surface area (Å²) in [5, 5.41) is 15.1. The number of hydrogen-bond donors (Lipinski definition) is 2. The van der Waals surface area contributed by atoms with Crippen LogP contribution in [0.15, 0.2) is 66.9 Å². The maximum Gasteiger partial charge on any atom is 0.274 e. The first-order valence-corrected chi connectivity index (χ1v) is 8.86. The summed E-state index contributed by atoms with van der Waals surface area (Å²) in [6.45, 7) is 3.85. The second-order valence-corrected chi connectivity index (χ2v) is 6.33. The van der Waals surface area contributed by atoms with Gasteiger partial charge in [-0.15, -0.1) is 0 Å². The third-order valence-electron chi connectivity index (χ3n) is 3.82. The van der Waals surface area contributed by atoms with E-state index >= 15 is 0 Å². The molecule has 1 amide bonds. The molecule has 3 rings (SSSR count). The van der Waals surface area contributed by atoms with Crippen LogP contribution in [0.5, 0.6) is 5.75 Å². The second-order valence-electron chi connectivity index (χ2n) is 6.33. The maximum absolute atomic E-state index is 12.5. The van der Waals surface area contributed by atoms with Crippen LogP contribution >= 0.6 is 0 Å². The Labute approximate surface area is 163 Å². The summed E-state index contributed by atoms with van der Waals surface area (Å²) in [7, 11) is 0. The fraction of sp³-hybridized carbons (Fsp3) is 0.136. The highest BCUT2D eigenvalue weighted by atomic mass is 16.5. The number of ether oxygens (including phenoxy) is 1. The van der Waals surface area contributed by atoms with E-state index in [1.807, 2.05) is 44.2 Å². The Bertz CT molecular complexity index is 1010. The first-order valence-electron chi connectivity index (χ1n) is 8.86. The number of benzene rings is 2. The van der Waals surface area contributed by atoms with E-state index in [-0.39, 0.29) is 17.7 Å². The highest BCUT2D eigenvalue weighted by Gasteiger charge is 2.12. The molecule has 2 aromatic carbocycles. The van der Waals surface area contributed by atoms with Gasteiger partial charge in [0.25, 0.3) is 5.91 Å². The lowest BCUT2D eigenvalue weighted by Gasteiger charge is -2.14. The average Bonchev–Trinajstić information content (AvgIpc) is 2.70. The lowest BCUT2D eigenvalue weighted by molar-refractivity contribution is 0.102. The van der Waals surface area contributed by atoms with E-state index in [1.165, 1.54) is 0 Å². The number of carbonyl (C=O) groups is 1. The number of carbonyl (C=O) groups excluding carboxylic acids is 1. The van der Waals surface area contributed by atoms with E-state index in [0.29, 0.717) is 28.4 Å². The van der Waals surface area contributed by atoms with Crippen LogP contribution in [0.3, 0.4) is 0 Å². The lowest BCUT2D eigenvalue weighted by atomic mass is 10.2. The van der Waals surface area contributed by atoms with Crippen LogP contribution in [-0.2, 0) is 0 Å². The lowest BCUT2D eigenvalue weighted by Crippen LogP contribution is -2.15. The number of rotatable bonds is 6. The Kier molecular flexibility index (Phi) is 5.87. The van der Waals surface area contributed by atoms with Gasteiger partial charge < -0.3 is 15.4 Å². The van der Waals surface area contributed by atoms with Gasteiger partial charge >= 0.3 is 0 Å². The van der Waals surface area contributed by atoms with Crippen LogP contribution in [0.4, 0.5) is 17.1 Å². The summed E-state index contributed by atoms with van der Waals surface area (Å²) < 4.78 is 5.72. The van der Waals surface area contributed by atoms with Crippen molar-refractivity contribution in [3.8, 4) is 11.8 Å². The molecule has 0 bridgehead atoms. The second kappa shape index (κ2) is 8.69. The predicted molar refractivity (Wildman–Crippen MR) is 109 cm³/mol. The molecule has 0 spiro atoms. The summed E-state index contributed by atoms with van der Waals surface area (Å²) in [5.41, 5.74) is 2.77. The minimum Gasteiger partial charge on any atom is -0.489 e. The van der Waals surface area contributed by atoms with E-state index in [4.69, 9.17) is 10.00 Å². The van der Waals surface area contributed by atoms with Crippen molar-refractivity contribution in [1.82, 2.24) is 4.98 Å². The SMILES string of the molecule is CC(C)Oc1ccccc1NC(=O)c1ccc(Nc2ccccc2C#N)cn1. The van der Waals surface area contributed by atoms with Crippen molar-refractivity contribution in [1.29, 1.82) is 5.26 Å². The topological polar surface area (TPSA) is 87.0 Å². The van der Waals surface area contributed by atoms with Crippen molar-refractivity contribution in [3.05, 3.63) is 78.1 Å². The van der Waals surface area contributed by atoms with Gasteiger partial charge in [-0.1, -0.05) is 24.3 Å². The molecule has 28 heavy (non-hydrogen) atoms. The predicted octanol–water partition coefficient (Wildman–Crippen LogP) is 4.74. The van der Waals surface area contributed by atoms with E-state index in [1.54, 1.807) is 36.5 Å². The Balaban J connectivity index is 1.72. The van der Waals surface area contributed by atoms with Crippen LogP contribution in [0.1, 0.15) is 29.9 Å². The van der Waals surface area contributed by atoms with Crippen molar-refractivity contribution in [3.63, 3.8) is 0 Å². The molecule has 1 heterocycles. The number of nitriles is 1. The number of para-hydroxylation sites is 3. The monoisotopic (exact) mass is 372 g/mol. The zero-order chi connectivity index (χ0) is 19.9. The Morgan fingerprint density at radius 2 is 1.75 bits per heavy atom. The number of nitrogens with one attached hydrogen (secondary N) is 2. The van der Waals surface area contributed by atoms with Gasteiger partial charge in [0.1, 0.15) is 17.5 Å². The fourth-order valence-corrected chi connectivity index (χ4v) is 2.56. The van der Waals surface area contributed by atoms with E-state index in [2.05, 4.69) is 21.7 Å². The number of hydrogen-bond acceptors (Lipinski definition) is 5. The molecule has 1 aromatic heterocycles. The normalized spacial score (nSPS) is 10.2. The zero-order valence-electron chi connectivity index (χ0n) is 15.6. The van der Waals surface area contributed by atoms with Gasteiger partial charge in [0.2, 0.25) is 0 Å². The minimum absolute atomic E-state index is 0.00202. The summed E-state index contributed by atoms with van der Waals surface area (Å²) in [6, 6.07) is 20.0. The first-order chi connectivity index (χ1) is 13.6. The largest absolute Gasteiger partial charge is 0.489 e. The molecule has 140 valence electrons. The van der Waals surface area contributed by atoms with Gasteiger partial charge in [-0.25, -0.2) is 4.98 Å². The first kappa shape index (κ1) is 18.9. The third kappa shape index (κ3) is 4.65. The fourth-order valence-electron chi connectivity index (χ4n) is 2.56. The van der Waals surface area contributed by atoms with Gasteiger partial charge in [0.15, 0.2) is 0 Å². The average molecular weight is 372 g/mol. The molecule has 0 saturated heterocycles. The summed E-state index contributed by atoms with van der Waals surface area (Å²) in [4.78, 5) is 16.7. The minimum atomic E-state index is -0.330. The third-order valence-corrected chi connectivity index (χ3v) is 3.82. The molecular formula is C22H20N4O2. The van der Waals surface area contributed by atoms with Gasteiger partial charge in [-0.05, 0) is 50.2 Å². The molecule has 0 aliphatic carbocycles. The number of amides is 1. The van der Waals surface area contributed by atoms with E-state index < -0.39 is 0 Å². The van der Waals surface area contributed by atoms with Gasteiger partial charge in [-0.3, -0.25) is 4.79 Å². The summed E-state index contributed by atoms with van der Waals surface area (Å²) in [6.07, 6.45) is 1.55. The number of aromatic nitrogens is 1. The number of anilines is 3. The highest BCUT2D eigenvalue weighted by Crippen LogP contribution is 2.25. The van der Waals surface area contributed by atoms with Crippen molar-refractivity contribution in [2.24, 2.45) is 0 Å². The van der Waals surface area contributed by atoms with Crippen LogP contribution in [0, 0.1) is 11.3 Å². The van der Waals surface area contributed by atoms with Crippen molar-refractivity contribution >= 4 is 23.0 Å². The van der Waals surface area contributed by atoms with Gasteiger partial charge in [0.05, 0.1) is 34.9 Å². The Hall–Kier alpha value is -3.85. The molecule has 3 aromatic rings. The summed E-state index contributed by atoms with van der Waals surface area (Å²) in [5.74, 6) is 0.279. The quantitative estimate of drug-likeness (QED) is 0.653. The van der Waals surface area contributed by atoms with Crippen molar-refractivity contribution < 1.29 is 9.53 Å². The molecule has 0 fully saturated rings. The van der Waals surface area contributed by atoms with Gasteiger partial charge in [-0.2, -0.15) is 5.26 Å². The molecule has 6 nitrogen and oxygen atoms in total. The highest BCUT2D eigenvalue weighted by molar-refractivity contribution is 6.03. The molecular weight excluding hydrogens is 352 g/mol. The van der Waals surface area contributed by atoms with Crippen molar-refractivity contribution in [2.45, 2.75) is 20.0 Å². The van der Waals surface area contributed by atoms with Crippen LogP contribution in [-0.4, -0.2) is 17.0 Å². The van der Waals surface area contributed by atoms with Crippen LogP contribution < -0.4 is 15.4 Å². The van der Waals surface area contributed by atoms with Crippen LogP contribution in [0.25, 0.3) is 0 Å². The molecule has 0 aliphatic heterocycles. The molecule has 6 heteroatoms. The number of nitrogens with zero attached hydrogens (tertiary/aromatic N) is 2. The Morgan fingerprint density at radius 1 is 1.04 bits per heavy atom. The molecule has 0 unspecified atom stereocenters. The molecule has 2 N–H and O–H groups in total. The molecule has 0 saturated carbocycles. The molecule has 0 aliphatic rings. The smallest absolute Gasteiger partial charge is 0.274 e. The van der Waals surface area contributed by atoms with E-state index in [9.17, 15) is 4.79 Å². The maximum atomic E-state index is 12.5. The van der Waals surface area contributed by atoms with Crippen molar-refractivity contribution in [2.75, 3.05) is 10.6 Å². The molecule has 0 radical (unpaired) electrons. The molecule has 0 atom stereocenters. The van der Waals surface area contributed by atoms with Crippen LogP contribution in [0.2, 0.25) is 0 Å². The zero-order valence-corrected chi connectivity index (χ0v) is 15.6.